The first-order chi connectivity index (χ1) is 11.6. The number of aliphatic imine (C=N–C) groups is 1. The van der Waals surface area contributed by atoms with Gasteiger partial charge in [-0.3, -0.25) is 4.90 Å². The van der Waals surface area contributed by atoms with Gasteiger partial charge in [0.2, 0.25) is 6.08 Å². The Morgan fingerprint density at radius 2 is 2.00 bits per heavy atom. The molecule has 1 amide bonds. The van der Waals surface area contributed by atoms with Gasteiger partial charge < -0.3 is 9.47 Å². The zero-order valence-electron chi connectivity index (χ0n) is 15.5. The minimum atomic E-state index is -0.685. The van der Waals surface area contributed by atoms with Crippen LogP contribution < -0.4 is 0 Å². The molecule has 1 saturated heterocycles. The van der Waals surface area contributed by atoms with Crippen molar-refractivity contribution in [3.05, 3.63) is 29.8 Å². The summed E-state index contributed by atoms with van der Waals surface area (Å²) < 4.78 is 11.3. The largest absolute Gasteiger partial charge is 0.444 e. The fourth-order valence-electron chi connectivity index (χ4n) is 2.90. The predicted molar refractivity (Wildman–Crippen MR) is 94.4 cm³/mol. The van der Waals surface area contributed by atoms with Crippen molar-refractivity contribution in [2.24, 2.45) is 4.99 Å². The molecule has 1 aromatic carbocycles. The minimum absolute atomic E-state index is 0.0440. The molecule has 0 saturated carbocycles. The van der Waals surface area contributed by atoms with Gasteiger partial charge in [0.25, 0.3) is 0 Å². The SMILES string of the molecule is CC(C)(C)OC(=O)N1C(CCc2ccc(N=C=O)cc2)COC1(C)C. The third kappa shape index (κ3) is 5.15. The van der Waals surface area contributed by atoms with Gasteiger partial charge >= 0.3 is 6.09 Å². The van der Waals surface area contributed by atoms with Crippen LogP contribution in [0.15, 0.2) is 29.3 Å². The zero-order chi connectivity index (χ0) is 18.7. The van der Waals surface area contributed by atoms with E-state index in [2.05, 4.69) is 4.99 Å². The van der Waals surface area contributed by atoms with Crippen LogP contribution in [0.2, 0.25) is 0 Å². The van der Waals surface area contributed by atoms with Crippen molar-refractivity contribution in [2.45, 2.75) is 64.8 Å². The first-order valence-corrected chi connectivity index (χ1v) is 8.45. The summed E-state index contributed by atoms with van der Waals surface area (Å²) in [5, 5.41) is 0. The lowest BCUT2D eigenvalue weighted by Gasteiger charge is -2.35. The van der Waals surface area contributed by atoms with Crippen LogP contribution in [0.1, 0.15) is 46.6 Å². The molecule has 0 aromatic heterocycles. The molecule has 0 aliphatic carbocycles. The zero-order valence-corrected chi connectivity index (χ0v) is 15.5. The number of ether oxygens (including phenoxy) is 2. The van der Waals surface area contributed by atoms with E-state index in [1.54, 1.807) is 17.0 Å². The molecule has 1 aromatic rings. The van der Waals surface area contributed by atoms with Crippen molar-refractivity contribution in [2.75, 3.05) is 6.61 Å². The normalized spacial score (nSPS) is 19.4. The van der Waals surface area contributed by atoms with Crippen molar-refractivity contribution < 1.29 is 19.1 Å². The molecule has 1 aliphatic heterocycles. The average Bonchev–Trinajstić information content (AvgIpc) is 2.80. The maximum Gasteiger partial charge on any atom is 0.412 e. The molecule has 0 bridgehead atoms. The van der Waals surface area contributed by atoms with Crippen molar-refractivity contribution in [3.63, 3.8) is 0 Å². The first-order valence-electron chi connectivity index (χ1n) is 8.45. The van der Waals surface area contributed by atoms with E-state index in [4.69, 9.17) is 9.47 Å². The molecular weight excluding hydrogens is 320 g/mol. The van der Waals surface area contributed by atoms with Gasteiger partial charge in [-0.05, 0) is 65.2 Å². The third-order valence-electron chi connectivity index (χ3n) is 4.04. The van der Waals surface area contributed by atoms with E-state index >= 15 is 0 Å². The quantitative estimate of drug-likeness (QED) is 0.611. The minimum Gasteiger partial charge on any atom is -0.444 e. The number of hydrogen-bond acceptors (Lipinski definition) is 5. The van der Waals surface area contributed by atoms with E-state index in [1.807, 2.05) is 46.8 Å². The fraction of sp³-hybridized carbons (Fsp3) is 0.579. The summed E-state index contributed by atoms with van der Waals surface area (Å²) in [6.45, 7) is 9.81. The van der Waals surface area contributed by atoms with Crippen molar-refractivity contribution in [1.82, 2.24) is 4.90 Å². The summed E-state index contributed by atoms with van der Waals surface area (Å²) in [5.41, 5.74) is 0.461. The number of hydrogen-bond donors (Lipinski definition) is 0. The van der Waals surface area contributed by atoms with Gasteiger partial charge in [0.05, 0.1) is 18.3 Å². The maximum atomic E-state index is 12.6. The number of carbonyl (C=O) groups is 1. The van der Waals surface area contributed by atoms with Gasteiger partial charge in [-0.1, -0.05) is 12.1 Å². The number of carbonyl (C=O) groups excluding carboxylic acids is 2. The van der Waals surface area contributed by atoms with E-state index in [0.29, 0.717) is 12.3 Å². The number of nitrogens with zero attached hydrogens (tertiary/aromatic N) is 2. The van der Waals surface area contributed by atoms with Crippen LogP contribution in [0.4, 0.5) is 10.5 Å². The molecule has 136 valence electrons. The van der Waals surface area contributed by atoms with E-state index in [0.717, 1.165) is 18.4 Å². The highest BCUT2D eigenvalue weighted by Crippen LogP contribution is 2.31. The highest BCUT2D eigenvalue weighted by Gasteiger charge is 2.45. The van der Waals surface area contributed by atoms with Gasteiger partial charge in [0, 0.05) is 0 Å². The number of isocyanates is 1. The Morgan fingerprint density at radius 1 is 1.36 bits per heavy atom. The summed E-state index contributed by atoms with van der Waals surface area (Å²) in [7, 11) is 0. The van der Waals surface area contributed by atoms with Crippen molar-refractivity contribution >= 4 is 17.9 Å². The fourth-order valence-corrected chi connectivity index (χ4v) is 2.90. The predicted octanol–water partition coefficient (Wildman–Crippen LogP) is 3.96. The van der Waals surface area contributed by atoms with Gasteiger partial charge in [-0.2, -0.15) is 4.99 Å². The second-order valence-electron chi connectivity index (χ2n) is 7.67. The maximum absolute atomic E-state index is 12.6. The van der Waals surface area contributed by atoms with Gasteiger partial charge in [-0.25, -0.2) is 9.59 Å². The Morgan fingerprint density at radius 3 is 2.56 bits per heavy atom. The summed E-state index contributed by atoms with van der Waals surface area (Å²) in [6, 6.07) is 7.36. The molecule has 1 unspecified atom stereocenters. The number of rotatable bonds is 4. The molecule has 6 heteroatoms. The van der Waals surface area contributed by atoms with Gasteiger partial charge in [0.15, 0.2) is 0 Å². The Labute approximate surface area is 148 Å². The molecule has 25 heavy (non-hydrogen) atoms. The standard InChI is InChI=1S/C19H26N2O4/c1-18(2,3)25-17(23)21-16(12-24-19(21,4)5)11-8-14-6-9-15(10-7-14)20-13-22/h6-7,9-10,16H,8,11-12H2,1-5H3. The van der Waals surface area contributed by atoms with Gasteiger partial charge in [0.1, 0.15) is 11.3 Å². The van der Waals surface area contributed by atoms with E-state index < -0.39 is 11.3 Å². The summed E-state index contributed by atoms with van der Waals surface area (Å²) in [5.74, 6) is 0. The second kappa shape index (κ2) is 7.38. The Kier molecular flexibility index (Phi) is 5.65. The number of benzene rings is 1. The molecule has 1 atom stereocenters. The lowest BCUT2D eigenvalue weighted by Crippen LogP contribution is -2.49. The molecule has 1 aliphatic rings. The lowest BCUT2D eigenvalue weighted by molar-refractivity contribution is -0.0626. The average molecular weight is 346 g/mol. The second-order valence-corrected chi connectivity index (χ2v) is 7.67. The molecular formula is C19H26N2O4. The molecule has 2 rings (SSSR count). The molecule has 0 N–H and O–H groups in total. The van der Waals surface area contributed by atoms with Crippen molar-refractivity contribution in [1.29, 1.82) is 0 Å². The van der Waals surface area contributed by atoms with E-state index in [-0.39, 0.29) is 12.1 Å². The topological polar surface area (TPSA) is 68.2 Å². The monoisotopic (exact) mass is 346 g/mol. The third-order valence-corrected chi connectivity index (χ3v) is 4.04. The highest BCUT2D eigenvalue weighted by atomic mass is 16.6. The summed E-state index contributed by atoms with van der Waals surface area (Å²) >= 11 is 0. The van der Waals surface area contributed by atoms with Crippen molar-refractivity contribution in [3.8, 4) is 0 Å². The molecule has 1 fully saturated rings. The van der Waals surface area contributed by atoms with Crippen LogP contribution in [0.5, 0.6) is 0 Å². The van der Waals surface area contributed by atoms with E-state index in [1.165, 1.54) is 6.08 Å². The van der Waals surface area contributed by atoms with Crippen LogP contribution >= 0.6 is 0 Å². The Balaban J connectivity index is 2.04. The Bertz CT molecular complexity index is 655. The highest BCUT2D eigenvalue weighted by molar-refractivity contribution is 5.69. The first kappa shape index (κ1) is 19.2. The summed E-state index contributed by atoms with van der Waals surface area (Å²) in [6.07, 6.45) is 2.72. The number of amides is 1. The summed E-state index contributed by atoms with van der Waals surface area (Å²) in [4.78, 5) is 28.1. The lowest BCUT2D eigenvalue weighted by atomic mass is 10.0. The molecule has 0 spiro atoms. The smallest absolute Gasteiger partial charge is 0.412 e. The Hall–Kier alpha value is -2.17. The van der Waals surface area contributed by atoms with Gasteiger partial charge in [-0.15, -0.1) is 0 Å². The van der Waals surface area contributed by atoms with E-state index in [9.17, 15) is 9.59 Å². The van der Waals surface area contributed by atoms with Crippen LogP contribution in [0.3, 0.4) is 0 Å². The van der Waals surface area contributed by atoms with Crippen LogP contribution in [0, 0.1) is 0 Å². The molecule has 1 heterocycles. The molecule has 6 nitrogen and oxygen atoms in total. The van der Waals surface area contributed by atoms with Crippen LogP contribution in [0.25, 0.3) is 0 Å². The number of aryl methyl sites for hydroxylation is 1. The van der Waals surface area contributed by atoms with Crippen LogP contribution in [-0.4, -0.2) is 41.0 Å². The molecule has 0 radical (unpaired) electrons. The van der Waals surface area contributed by atoms with Crippen LogP contribution in [-0.2, 0) is 20.7 Å².